The molecule has 1 amide bonds. The Kier molecular flexibility index (Phi) is 6.39. The third-order valence-electron chi connectivity index (χ3n) is 4.62. The minimum Gasteiger partial charge on any atom is -0.372 e. The number of nitrogens with one attached hydrogen (secondary N) is 2. The van der Waals surface area contributed by atoms with Crippen molar-refractivity contribution in [3.05, 3.63) is 71.8 Å². The molecule has 0 radical (unpaired) electrons. The van der Waals surface area contributed by atoms with Crippen molar-refractivity contribution in [2.45, 2.75) is 20.8 Å². The predicted octanol–water partition coefficient (Wildman–Crippen LogP) is 4.77. The fraction of sp³-hybridized carbons (Fsp3) is 0.227. The van der Waals surface area contributed by atoms with Gasteiger partial charge in [-0.15, -0.1) is 0 Å². The summed E-state index contributed by atoms with van der Waals surface area (Å²) in [5, 5.41) is 5.68. The molecule has 2 aromatic carbocycles. The summed E-state index contributed by atoms with van der Waals surface area (Å²) in [7, 11) is 0. The molecule has 0 fully saturated rings. The van der Waals surface area contributed by atoms with Crippen LogP contribution >= 0.6 is 0 Å². The summed E-state index contributed by atoms with van der Waals surface area (Å²) in [5.41, 5.74) is 3.42. The van der Waals surface area contributed by atoms with E-state index in [1.807, 2.05) is 19.1 Å². The molecular weight excluding hydrogens is 369 g/mol. The maximum Gasteiger partial charge on any atom is 0.258 e. The van der Waals surface area contributed by atoms with E-state index in [-0.39, 0.29) is 17.5 Å². The number of nitrogens with zero attached hydrogens (tertiary/aromatic N) is 3. The van der Waals surface area contributed by atoms with Gasteiger partial charge in [-0.2, -0.15) is 0 Å². The van der Waals surface area contributed by atoms with E-state index in [1.54, 1.807) is 18.2 Å². The number of amides is 1. The molecule has 6 nitrogen and oxygen atoms in total. The van der Waals surface area contributed by atoms with Gasteiger partial charge in [-0.3, -0.25) is 4.79 Å². The van der Waals surface area contributed by atoms with Crippen molar-refractivity contribution >= 4 is 28.9 Å². The Hall–Kier alpha value is -3.48. The molecular formula is C22H24FN5O. The van der Waals surface area contributed by atoms with E-state index in [0.29, 0.717) is 5.56 Å². The average molecular weight is 393 g/mol. The smallest absolute Gasteiger partial charge is 0.258 e. The minimum absolute atomic E-state index is 0.214. The lowest BCUT2D eigenvalue weighted by Crippen LogP contribution is -2.22. The molecule has 0 atom stereocenters. The molecule has 1 heterocycles. The van der Waals surface area contributed by atoms with Crippen LogP contribution in [0.3, 0.4) is 0 Å². The number of anilines is 4. The number of benzene rings is 2. The Morgan fingerprint density at radius 1 is 1.03 bits per heavy atom. The molecule has 0 saturated carbocycles. The van der Waals surface area contributed by atoms with Crippen molar-refractivity contribution in [3.63, 3.8) is 0 Å². The number of halogens is 1. The van der Waals surface area contributed by atoms with Crippen LogP contribution in [0.4, 0.5) is 27.4 Å². The zero-order valence-electron chi connectivity index (χ0n) is 16.7. The standard InChI is InChI=1S/C22H24FN5O/c1-4-28(5-2)17-10-11-19(15(3)12-17)26-21(29)16-13-24-22(25-14-16)27-20-9-7-6-8-18(20)23/h6-14H,4-5H2,1-3H3,(H,26,29)(H,24,25,27). The van der Waals surface area contributed by atoms with Crippen molar-refractivity contribution < 1.29 is 9.18 Å². The van der Waals surface area contributed by atoms with Crippen molar-refractivity contribution in [1.82, 2.24) is 9.97 Å². The second-order valence-corrected chi connectivity index (χ2v) is 6.53. The molecule has 0 aliphatic heterocycles. The lowest BCUT2D eigenvalue weighted by molar-refractivity contribution is 0.102. The minimum atomic E-state index is -0.401. The summed E-state index contributed by atoms with van der Waals surface area (Å²) in [6.07, 6.45) is 2.82. The van der Waals surface area contributed by atoms with Gasteiger partial charge in [0.2, 0.25) is 5.95 Å². The fourth-order valence-electron chi connectivity index (χ4n) is 2.96. The average Bonchev–Trinajstić information content (AvgIpc) is 2.73. The molecule has 0 aliphatic rings. The monoisotopic (exact) mass is 393 g/mol. The van der Waals surface area contributed by atoms with Gasteiger partial charge in [0.05, 0.1) is 11.3 Å². The first-order chi connectivity index (χ1) is 14.0. The van der Waals surface area contributed by atoms with Gasteiger partial charge in [-0.1, -0.05) is 12.1 Å². The molecule has 0 unspecified atom stereocenters. The van der Waals surface area contributed by atoms with E-state index in [0.717, 1.165) is 30.0 Å². The van der Waals surface area contributed by atoms with E-state index in [9.17, 15) is 9.18 Å². The Labute approximate surface area is 169 Å². The molecule has 0 bridgehead atoms. The van der Waals surface area contributed by atoms with Gasteiger partial charge < -0.3 is 15.5 Å². The highest BCUT2D eigenvalue weighted by Gasteiger charge is 2.11. The quantitative estimate of drug-likeness (QED) is 0.605. The molecule has 0 spiro atoms. The van der Waals surface area contributed by atoms with Crippen molar-refractivity contribution in [3.8, 4) is 0 Å². The van der Waals surface area contributed by atoms with Gasteiger partial charge in [-0.05, 0) is 56.7 Å². The predicted molar refractivity (Wildman–Crippen MR) is 114 cm³/mol. The molecule has 2 N–H and O–H groups in total. The number of carbonyl (C=O) groups excluding carboxylic acids is 1. The van der Waals surface area contributed by atoms with Crippen LogP contribution in [0.2, 0.25) is 0 Å². The molecule has 150 valence electrons. The Balaban J connectivity index is 1.69. The van der Waals surface area contributed by atoms with Gasteiger partial charge in [0.15, 0.2) is 0 Å². The number of carbonyl (C=O) groups is 1. The molecule has 7 heteroatoms. The molecule has 3 rings (SSSR count). The molecule has 0 aliphatic carbocycles. The Morgan fingerprint density at radius 3 is 2.34 bits per heavy atom. The largest absolute Gasteiger partial charge is 0.372 e. The Morgan fingerprint density at radius 2 is 1.72 bits per heavy atom. The normalized spacial score (nSPS) is 10.5. The number of para-hydroxylation sites is 1. The summed E-state index contributed by atoms with van der Waals surface area (Å²) < 4.78 is 13.7. The van der Waals surface area contributed by atoms with Gasteiger partial charge in [-0.25, -0.2) is 14.4 Å². The zero-order chi connectivity index (χ0) is 20.8. The number of hydrogen-bond acceptors (Lipinski definition) is 5. The third-order valence-corrected chi connectivity index (χ3v) is 4.62. The lowest BCUT2D eigenvalue weighted by atomic mass is 10.1. The highest BCUT2D eigenvalue weighted by molar-refractivity contribution is 6.04. The maximum atomic E-state index is 13.7. The Bertz CT molecular complexity index is 987. The van der Waals surface area contributed by atoms with Gasteiger partial charge in [0.25, 0.3) is 5.91 Å². The van der Waals surface area contributed by atoms with Crippen LogP contribution in [0.5, 0.6) is 0 Å². The first-order valence-electron chi connectivity index (χ1n) is 9.52. The molecule has 3 aromatic rings. The molecule has 0 saturated heterocycles. The van der Waals surface area contributed by atoms with Gasteiger partial charge in [0.1, 0.15) is 5.82 Å². The zero-order valence-corrected chi connectivity index (χ0v) is 16.7. The first kappa shape index (κ1) is 20.3. The van der Waals surface area contributed by atoms with E-state index < -0.39 is 5.82 Å². The summed E-state index contributed by atoms with van der Waals surface area (Å²) in [5.74, 6) is -0.492. The molecule has 1 aromatic heterocycles. The van der Waals surface area contributed by atoms with Crippen LogP contribution in [-0.2, 0) is 0 Å². The number of aryl methyl sites for hydroxylation is 1. The summed E-state index contributed by atoms with van der Waals surface area (Å²) in [6.45, 7) is 8.03. The number of hydrogen-bond donors (Lipinski definition) is 2. The van der Waals surface area contributed by atoms with E-state index in [4.69, 9.17) is 0 Å². The SMILES string of the molecule is CCN(CC)c1ccc(NC(=O)c2cnc(Nc3ccccc3F)nc2)c(C)c1. The van der Waals surface area contributed by atoms with Gasteiger partial charge in [0, 0.05) is 36.9 Å². The van der Waals surface area contributed by atoms with Gasteiger partial charge >= 0.3 is 0 Å². The highest BCUT2D eigenvalue weighted by atomic mass is 19.1. The van der Waals surface area contributed by atoms with Crippen LogP contribution in [-0.4, -0.2) is 29.0 Å². The number of aromatic nitrogens is 2. The van der Waals surface area contributed by atoms with E-state index >= 15 is 0 Å². The van der Waals surface area contributed by atoms with E-state index in [2.05, 4.69) is 45.4 Å². The summed E-state index contributed by atoms with van der Waals surface area (Å²) in [6, 6.07) is 12.2. The summed E-state index contributed by atoms with van der Waals surface area (Å²) >= 11 is 0. The van der Waals surface area contributed by atoms with Crippen LogP contribution in [0.15, 0.2) is 54.9 Å². The number of rotatable bonds is 7. The van der Waals surface area contributed by atoms with Crippen LogP contribution in [0.25, 0.3) is 0 Å². The van der Waals surface area contributed by atoms with Crippen LogP contribution < -0.4 is 15.5 Å². The second-order valence-electron chi connectivity index (χ2n) is 6.53. The van der Waals surface area contributed by atoms with Crippen LogP contribution in [0.1, 0.15) is 29.8 Å². The fourth-order valence-corrected chi connectivity index (χ4v) is 2.96. The topological polar surface area (TPSA) is 70.2 Å². The van der Waals surface area contributed by atoms with E-state index in [1.165, 1.54) is 18.5 Å². The lowest BCUT2D eigenvalue weighted by Gasteiger charge is -2.22. The second kappa shape index (κ2) is 9.14. The van der Waals surface area contributed by atoms with Crippen molar-refractivity contribution in [1.29, 1.82) is 0 Å². The van der Waals surface area contributed by atoms with Crippen molar-refractivity contribution in [2.24, 2.45) is 0 Å². The third kappa shape index (κ3) is 4.87. The van der Waals surface area contributed by atoms with Crippen LogP contribution in [0, 0.1) is 12.7 Å². The first-order valence-corrected chi connectivity index (χ1v) is 9.52. The molecule has 29 heavy (non-hydrogen) atoms. The summed E-state index contributed by atoms with van der Waals surface area (Å²) in [4.78, 5) is 23.0. The van der Waals surface area contributed by atoms with Crippen molar-refractivity contribution in [2.75, 3.05) is 28.6 Å². The maximum absolute atomic E-state index is 13.7. The highest BCUT2D eigenvalue weighted by Crippen LogP contribution is 2.23.